The van der Waals surface area contributed by atoms with Crippen molar-refractivity contribution >= 4 is 33.9 Å². The molecule has 1 N–H and O–H groups in total. The van der Waals surface area contributed by atoms with Gasteiger partial charge in [-0.2, -0.15) is 0 Å². The van der Waals surface area contributed by atoms with E-state index >= 15 is 0 Å². The number of aliphatic hydroxyl groups excluding tert-OH is 1. The van der Waals surface area contributed by atoms with Gasteiger partial charge in [0.1, 0.15) is 28.9 Å². The molecule has 1 aliphatic heterocycles. The van der Waals surface area contributed by atoms with Gasteiger partial charge < -0.3 is 14.6 Å². The minimum absolute atomic E-state index is 0.0177. The molecule has 5 rings (SSSR count). The van der Waals surface area contributed by atoms with Crippen LogP contribution in [0.1, 0.15) is 53.1 Å². The molecule has 1 amide bonds. The third-order valence-electron chi connectivity index (χ3n) is 6.74. The molecule has 1 unspecified atom stereocenters. The largest absolute Gasteiger partial charge is 0.507 e. The molecule has 1 aromatic heterocycles. The van der Waals surface area contributed by atoms with Crippen molar-refractivity contribution in [2.45, 2.75) is 46.3 Å². The number of ether oxygens (including phenoxy) is 2. The Hall–Kier alpha value is -4.50. The Balaban J connectivity index is 1.47. The van der Waals surface area contributed by atoms with Gasteiger partial charge >= 0.3 is 5.91 Å². The van der Waals surface area contributed by atoms with Crippen molar-refractivity contribution < 1.29 is 24.2 Å². The Bertz CT molecular complexity index is 1580. The topological polar surface area (TPSA) is 102 Å². The Kier molecular flexibility index (Phi) is 8.45. The molecule has 9 heteroatoms. The van der Waals surface area contributed by atoms with Crippen molar-refractivity contribution in [1.29, 1.82) is 0 Å². The lowest BCUT2D eigenvalue weighted by Gasteiger charge is -2.22. The number of carbonyl (C=O) groups is 2. The monoisotopic (exact) mass is 569 g/mol. The number of aryl methyl sites for hydroxylation is 2. The average Bonchev–Trinajstić information content (AvgIpc) is 3.52. The molecule has 1 fully saturated rings. The Morgan fingerprint density at radius 1 is 0.951 bits per heavy atom. The van der Waals surface area contributed by atoms with E-state index in [-0.39, 0.29) is 16.5 Å². The number of unbranched alkanes of at least 4 members (excludes halogenated alkanes) is 1. The second kappa shape index (κ2) is 12.3. The maximum Gasteiger partial charge on any atom is 0.301 e. The third kappa shape index (κ3) is 6.15. The molecule has 210 valence electrons. The summed E-state index contributed by atoms with van der Waals surface area (Å²) >= 11 is 1.21. The highest BCUT2D eigenvalue weighted by Gasteiger charge is 2.48. The second-order valence-electron chi connectivity index (χ2n) is 9.85. The number of aliphatic hydroxyl groups is 1. The zero-order chi connectivity index (χ0) is 28.9. The van der Waals surface area contributed by atoms with Crippen molar-refractivity contribution in [1.82, 2.24) is 10.2 Å². The van der Waals surface area contributed by atoms with Crippen LogP contribution in [0.15, 0.2) is 78.4 Å². The first-order valence-corrected chi connectivity index (χ1v) is 14.3. The average molecular weight is 570 g/mol. The van der Waals surface area contributed by atoms with Crippen molar-refractivity contribution in [2.24, 2.45) is 0 Å². The van der Waals surface area contributed by atoms with E-state index in [4.69, 9.17) is 9.47 Å². The van der Waals surface area contributed by atoms with Gasteiger partial charge in [0.15, 0.2) is 0 Å². The summed E-state index contributed by atoms with van der Waals surface area (Å²) in [5.74, 6) is -0.529. The van der Waals surface area contributed by atoms with Crippen molar-refractivity contribution in [3.63, 3.8) is 0 Å². The predicted molar refractivity (Wildman–Crippen MR) is 158 cm³/mol. The van der Waals surface area contributed by atoms with Crippen LogP contribution in [0.5, 0.6) is 11.5 Å². The lowest BCUT2D eigenvalue weighted by Crippen LogP contribution is -2.29. The summed E-state index contributed by atoms with van der Waals surface area (Å²) in [6, 6.07) is 21.2. The molecule has 1 atom stereocenters. The van der Waals surface area contributed by atoms with Gasteiger partial charge in [-0.05, 0) is 67.8 Å². The first-order valence-electron chi connectivity index (χ1n) is 13.5. The lowest BCUT2D eigenvalue weighted by molar-refractivity contribution is -0.132. The molecule has 2 heterocycles. The van der Waals surface area contributed by atoms with Crippen molar-refractivity contribution in [3.8, 4) is 11.5 Å². The molecule has 4 aromatic rings. The van der Waals surface area contributed by atoms with Crippen molar-refractivity contribution in [2.75, 3.05) is 11.5 Å². The van der Waals surface area contributed by atoms with Gasteiger partial charge in [0.25, 0.3) is 5.78 Å². The number of hydrogen-bond donors (Lipinski definition) is 1. The summed E-state index contributed by atoms with van der Waals surface area (Å²) < 4.78 is 11.7. The molecular formula is C32H31N3O5S. The van der Waals surface area contributed by atoms with E-state index in [9.17, 15) is 14.7 Å². The lowest BCUT2D eigenvalue weighted by atomic mass is 9.95. The molecule has 0 radical (unpaired) electrons. The molecule has 0 bridgehead atoms. The van der Waals surface area contributed by atoms with Crippen LogP contribution in [0.25, 0.3) is 5.76 Å². The van der Waals surface area contributed by atoms with Crippen molar-refractivity contribution in [3.05, 3.63) is 106 Å². The van der Waals surface area contributed by atoms with Crippen LogP contribution in [0.2, 0.25) is 0 Å². The van der Waals surface area contributed by atoms with E-state index in [1.54, 1.807) is 55.5 Å². The summed E-state index contributed by atoms with van der Waals surface area (Å²) in [6.07, 6.45) is 1.96. The molecule has 0 saturated carbocycles. The van der Waals surface area contributed by atoms with E-state index in [1.807, 2.05) is 25.1 Å². The van der Waals surface area contributed by atoms with Crippen LogP contribution in [0, 0.1) is 13.8 Å². The van der Waals surface area contributed by atoms with Crippen LogP contribution in [-0.2, 0) is 16.2 Å². The molecule has 0 spiro atoms. The quantitative estimate of drug-likeness (QED) is 0.100. The van der Waals surface area contributed by atoms with Gasteiger partial charge in [-0.15, -0.1) is 10.2 Å². The highest BCUT2D eigenvalue weighted by molar-refractivity contribution is 7.15. The van der Waals surface area contributed by atoms with Gasteiger partial charge in [0.2, 0.25) is 5.13 Å². The summed E-state index contributed by atoms with van der Waals surface area (Å²) in [7, 11) is 0. The normalized spacial score (nSPS) is 16.3. The fraction of sp³-hybridized carbons (Fsp3) is 0.250. The maximum absolute atomic E-state index is 13.4. The summed E-state index contributed by atoms with van der Waals surface area (Å²) in [6.45, 7) is 6.90. The SMILES string of the molecule is CCCCOc1ccc(C2C(=C(O)c3ccc(OCc4cccc(C)c4)cc3)C(=O)C(=O)N2c2nnc(C)s2)cc1. The molecule has 41 heavy (non-hydrogen) atoms. The number of aromatic nitrogens is 2. The van der Waals surface area contributed by atoms with Crippen LogP contribution in [0.3, 0.4) is 0 Å². The zero-order valence-electron chi connectivity index (χ0n) is 23.2. The number of rotatable bonds is 10. The standard InChI is InChI=1S/C32H31N3O5S/c1-4-5-17-39-25-13-9-23(10-14-25)28-27(30(37)31(38)35(28)32-34-33-21(3)41-32)29(36)24-11-15-26(16-12-24)40-19-22-8-6-7-20(2)18-22/h6-16,18,28,36H,4-5,17,19H2,1-3H3. The number of ketones is 1. The number of anilines is 1. The molecule has 1 aliphatic rings. The molecule has 1 saturated heterocycles. The van der Waals surface area contributed by atoms with Gasteiger partial charge in [-0.25, -0.2) is 0 Å². The Morgan fingerprint density at radius 3 is 2.32 bits per heavy atom. The van der Waals surface area contributed by atoms with Crippen LogP contribution in [0.4, 0.5) is 5.13 Å². The number of hydrogen-bond acceptors (Lipinski definition) is 8. The minimum atomic E-state index is -0.885. The summed E-state index contributed by atoms with van der Waals surface area (Å²) in [5.41, 5.74) is 3.21. The molecule has 3 aromatic carbocycles. The predicted octanol–water partition coefficient (Wildman–Crippen LogP) is 6.54. The molecule has 0 aliphatic carbocycles. The number of carbonyl (C=O) groups excluding carboxylic acids is 2. The first-order chi connectivity index (χ1) is 19.9. The van der Waals surface area contributed by atoms with E-state index in [2.05, 4.69) is 23.2 Å². The zero-order valence-corrected chi connectivity index (χ0v) is 24.0. The number of Topliss-reactive ketones (excluding diaryl/α,β-unsaturated/α-hetero) is 1. The van der Waals surface area contributed by atoms with Crippen LogP contribution >= 0.6 is 11.3 Å². The van der Waals surface area contributed by atoms with Gasteiger partial charge in [0.05, 0.1) is 18.2 Å². The fourth-order valence-corrected chi connectivity index (χ4v) is 5.36. The number of amides is 1. The van der Waals surface area contributed by atoms with Gasteiger partial charge in [-0.1, -0.05) is 66.6 Å². The fourth-order valence-electron chi connectivity index (χ4n) is 4.64. The van der Waals surface area contributed by atoms with Gasteiger partial charge in [-0.3, -0.25) is 14.5 Å². The minimum Gasteiger partial charge on any atom is -0.507 e. The van der Waals surface area contributed by atoms with E-state index in [1.165, 1.54) is 16.2 Å². The Morgan fingerprint density at radius 2 is 1.66 bits per heavy atom. The smallest absolute Gasteiger partial charge is 0.301 e. The van der Waals surface area contributed by atoms with Crippen LogP contribution < -0.4 is 14.4 Å². The highest BCUT2D eigenvalue weighted by Crippen LogP contribution is 2.43. The van der Waals surface area contributed by atoms with E-state index in [0.29, 0.717) is 40.8 Å². The number of benzene rings is 3. The maximum atomic E-state index is 13.4. The number of nitrogens with zero attached hydrogens (tertiary/aromatic N) is 3. The van der Waals surface area contributed by atoms with Crippen LogP contribution in [-0.4, -0.2) is 33.6 Å². The second-order valence-corrected chi connectivity index (χ2v) is 11.0. The molecule has 8 nitrogen and oxygen atoms in total. The summed E-state index contributed by atoms with van der Waals surface area (Å²) in [5, 5.41) is 20.5. The van der Waals surface area contributed by atoms with E-state index < -0.39 is 17.7 Å². The molecular weight excluding hydrogens is 538 g/mol. The third-order valence-corrected chi connectivity index (χ3v) is 7.58. The summed E-state index contributed by atoms with van der Waals surface area (Å²) in [4.78, 5) is 28.0. The Labute approximate surface area is 242 Å². The van der Waals surface area contributed by atoms with E-state index in [0.717, 1.165) is 24.0 Å². The highest BCUT2D eigenvalue weighted by atomic mass is 32.1. The van der Waals surface area contributed by atoms with Gasteiger partial charge in [0, 0.05) is 5.56 Å². The first kappa shape index (κ1) is 28.0.